The fourth-order valence-electron chi connectivity index (χ4n) is 1.85. The van der Waals surface area contributed by atoms with E-state index in [1.165, 1.54) is 0 Å². The molecule has 1 aromatic heterocycles. The molecule has 6 nitrogen and oxygen atoms in total. The number of benzene rings is 1. The summed E-state index contributed by atoms with van der Waals surface area (Å²) in [7, 11) is 0. The molecular weight excluding hydrogens is 288 g/mol. The van der Waals surface area contributed by atoms with Crippen molar-refractivity contribution in [3.8, 4) is 6.07 Å². The maximum atomic E-state index is 9.09. The summed E-state index contributed by atoms with van der Waals surface area (Å²) in [5.74, 6) is 0.830. The summed E-state index contributed by atoms with van der Waals surface area (Å²) in [6, 6.07) is 9.24. The van der Waals surface area contributed by atoms with Gasteiger partial charge in [0.15, 0.2) is 0 Å². The Morgan fingerprint density at radius 1 is 1.19 bits per heavy atom. The Kier molecular flexibility index (Phi) is 4.90. The molecule has 0 aliphatic rings. The van der Waals surface area contributed by atoms with Crippen molar-refractivity contribution in [1.82, 2.24) is 15.0 Å². The van der Waals surface area contributed by atoms with Crippen molar-refractivity contribution in [3.05, 3.63) is 35.1 Å². The third-order valence-electron chi connectivity index (χ3n) is 2.94. The maximum absolute atomic E-state index is 9.09. The molecule has 0 amide bonds. The molecule has 0 spiro atoms. The van der Waals surface area contributed by atoms with Crippen molar-refractivity contribution in [2.24, 2.45) is 0 Å². The Bertz CT molecular complexity index is 663. The first-order chi connectivity index (χ1) is 10.2. The van der Waals surface area contributed by atoms with E-state index in [9.17, 15) is 0 Å². The molecule has 1 aromatic carbocycles. The summed E-state index contributed by atoms with van der Waals surface area (Å²) in [6.07, 6.45) is 0. The monoisotopic (exact) mass is 302 g/mol. The minimum Gasteiger partial charge on any atom is -0.341 e. The van der Waals surface area contributed by atoms with Crippen LogP contribution in [0.2, 0.25) is 5.28 Å². The van der Waals surface area contributed by atoms with Crippen LogP contribution in [-0.4, -0.2) is 28.0 Å². The van der Waals surface area contributed by atoms with Crippen LogP contribution >= 0.6 is 11.6 Å². The number of nitrogens with one attached hydrogen (secondary N) is 1. The van der Waals surface area contributed by atoms with Gasteiger partial charge in [-0.05, 0) is 37.6 Å². The fraction of sp³-hybridized carbons (Fsp3) is 0.286. The van der Waals surface area contributed by atoms with Crippen LogP contribution in [0, 0.1) is 11.3 Å². The fourth-order valence-corrected chi connectivity index (χ4v) is 2.01. The Morgan fingerprint density at radius 3 is 2.57 bits per heavy atom. The second-order valence-electron chi connectivity index (χ2n) is 4.18. The molecule has 1 N–H and O–H groups in total. The predicted octanol–water partition coefficient (Wildman–Crippen LogP) is 2.99. The van der Waals surface area contributed by atoms with E-state index >= 15 is 0 Å². The van der Waals surface area contributed by atoms with Gasteiger partial charge in [0, 0.05) is 13.1 Å². The highest BCUT2D eigenvalue weighted by molar-refractivity contribution is 6.28. The van der Waals surface area contributed by atoms with E-state index in [0.29, 0.717) is 23.1 Å². The minimum absolute atomic E-state index is 0.115. The van der Waals surface area contributed by atoms with E-state index in [0.717, 1.165) is 13.1 Å². The number of para-hydroxylation sites is 1. The lowest BCUT2D eigenvalue weighted by molar-refractivity contribution is 0.814. The van der Waals surface area contributed by atoms with Crippen LogP contribution in [0.5, 0.6) is 0 Å². The zero-order valence-electron chi connectivity index (χ0n) is 11.8. The van der Waals surface area contributed by atoms with Gasteiger partial charge in [-0.15, -0.1) is 0 Å². The molecule has 2 aromatic rings. The highest BCUT2D eigenvalue weighted by Crippen LogP contribution is 2.20. The Hall–Kier alpha value is -2.39. The molecule has 0 unspecified atom stereocenters. The van der Waals surface area contributed by atoms with Gasteiger partial charge in [-0.2, -0.15) is 20.2 Å². The summed E-state index contributed by atoms with van der Waals surface area (Å²) in [6.45, 7) is 5.56. The molecule has 1 heterocycles. The van der Waals surface area contributed by atoms with Gasteiger partial charge in [-0.3, -0.25) is 0 Å². The van der Waals surface area contributed by atoms with E-state index in [2.05, 4.69) is 26.3 Å². The molecular formula is C14H15ClN6. The number of nitriles is 1. The highest BCUT2D eigenvalue weighted by Gasteiger charge is 2.11. The largest absolute Gasteiger partial charge is 0.341 e. The molecule has 0 atom stereocenters. The molecule has 7 heteroatoms. The zero-order chi connectivity index (χ0) is 15.2. The number of aromatic nitrogens is 3. The lowest BCUT2D eigenvalue weighted by Gasteiger charge is -2.18. The van der Waals surface area contributed by atoms with Crippen molar-refractivity contribution >= 4 is 29.2 Å². The van der Waals surface area contributed by atoms with Gasteiger partial charge in [0.2, 0.25) is 17.2 Å². The van der Waals surface area contributed by atoms with Crippen molar-refractivity contribution in [2.45, 2.75) is 13.8 Å². The Labute approximate surface area is 128 Å². The van der Waals surface area contributed by atoms with Crippen LogP contribution in [0.3, 0.4) is 0 Å². The van der Waals surface area contributed by atoms with Crippen LogP contribution in [0.4, 0.5) is 17.6 Å². The molecule has 0 saturated heterocycles. The molecule has 21 heavy (non-hydrogen) atoms. The van der Waals surface area contributed by atoms with E-state index in [1.54, 1.807) is 18.2 Å². The summed E-state index contributed by atoms with van der Waals surface area (Å²) in [4.78, 5) is 14.5. The van der Waals surface area contributed by atoms with E-state index < -0.39 is 0 Å². The standard InChI is InChI=1S/C14H15ClN6/c1-3-21(4-2)14-19-12(15)18-13(20-14)17-11-8-6-5-7-10(11)9-16/h5-8H,3-4H2,1-2H3,(H,17,18,19,20). The van der Waals surface area contributed by atoms with Gasteiger partial charge in [-0.1, -0.05) is 12.1 Å². The molecule has 0 radical (unpaired) electrons. The SMILES string of the molecule is CCN(CC)c1nc(Cl)nc(Nc2ccccc2C#N)n1. The highest BCUT2D eigenvalue weighted by atomic mass is 35.5. The number of hydrogen-bond donors (Lipinski definition) is 1. The number of hydrogen-bond acceptors (Lipinski definition) is 6. The molecule has 0 fully saturated rings. The molecule has 0 saturated carbocycles. The Balaban J connectivity index is 2.34. The van der Waals surface area contributed by atoms with Gasteiger partial charge in [-0.25, -0.2) is 0 Å². The van der Waals surface area contributed by atoms with Crippen molar-refractivity contribution < 1.29 is 0 Å². The maximum Gasteiger partial charge on any atom is 0.233 e. The van der Waals surface area contributed by atoms with Crippen LogP contribution in [0.1, 0.15) is 19.4 Å². The van der Waals surface area contributed by atoms with Crippen LogP contribution in [0.15, 0.2) is 24.3 Å². The third kappa shape index (κ3) is 3.58. The van der Waals surface area contributed by atoms with Crippen LogP contribution < -0.4 is 10.2 Å². The number of rotatable bonds is 5. The number of anilines is 3. The first-order valence-electron chi connectivity index (χ1n) is 6.60. The van der Waals surface area contributed by atoms with E-state index in [-0.39, 0.29) is 5.28 Å². The van der Waals surface area contributed by atoms with Crippen LogP contribution in [0.25, 0.3) is 0 Å². The first-order valence-corrected chi connectivity index (χ1v) is 6.98. The van der Waals surface area contributed by atoms with Crippen molar-refractivity contribution in [3.63, 3.8) is 0 Å². The molecule has 0 aliphatic heterocycles. The molecule has 2 rings (SSSR count). The van der Waals surface area contributed by atoms with E-state index in [1.807, 2.05) is 24.8 Å². The van der Waals surface area contributed by atoms with Gasteiger partial charge in [0.25, 0.3) is 0 Å². The molecule has 0 bridgehead atoms. The van der Waals surface area contributed by atoms with Gasteiger partial charge >= 0.3 is 0 Å². The topological polar surface area (TPSA) is 77.7 Å². The van der Waals surface area contributed by atoms with Gasteiger partial charge in [0.05, 0.1) is 11.3 Å². The third-order valence-corrected chi connectivity index (χ3v) is 3.11. The van der Waals surface area contributed by atoms with Crippen LogP contribution in [-0.2, 0) is 0 Å². The predicted molar refractivity (Wildman–Crippen MR) is 82.8 cm³/mol. The summed E-state index contributed by atoms with van der Waals surface area (Å²) in [5, 5.41) is 12.2. The first kappa shape index (κ1) is 15.0. The average molecular weight is 303 g/mol. The summed E-state index contributed by atoms with van der Waals surface area (Å²) >= 11 is 5.95. The van der Waals surface area contributed by atoms with Crippen molar-refractivity contribution in [1.29, 1.82) is 5.26 Å². The Morgan fingerprint density at radius 2 is 1.90 bits per heavy atom. The van der Waals surface area contributed by atoms with Crippen molar-refractivity contribution in [2.75, 3.05) is 23.3 Å². The number of nitrogens with zero attached hydrogens (tertiary/aromatic N) is 5. The average Bonchev–Trinajstić information content (AvgIpc) is 2.48. The second kappa shape index (κ2) is 6.86. The van der Waals surface area contributed by atoms with Gasteiger partial charge < -0.3 is 10.2 Å². The smallest absolute Gasteiger partial charge is 0.233 e. The summed E-state index contributed by atoms with van der Waals surface area (Å²) < 4.78 is 0. The number of halogens is 1. The van der Waals surface area contributed by atoms with Gasteiger partial charge in [0.1, 0.15) is 6.07 Å². The zero-order valence-corrected chi connectivity index (χ0v) is 12.6. The molecule has 0 aliphatic carbocycles. The normalized spacial score (nSPS) is 10.0. The minimum atomic E-state index is 0.115. The lowest BCUT2D eigenvalue weighted by atomic mass is 10.2. The summed E-state index contributed by atoms with van der Waals surface area (Å²) in [5.41, 5.74) is 1.14. The van der Waals surface area contributed by atoms with E-state index in [4.69, 9.17) is 16.9 Å². The second-order valence-corrected chi connectivity index (χ2v) is 4.52. The molecule has 108 valence electrons. The lowest BCUT2D eigenvalue weighted by Crippen LogP contribution is -2.24. The quantitative estimate of drug-likeness (QED) is 0.915.